The van der Waals surface area contributed by atoms with E-state index in [-0.39, 0.29) is 6.04 Å². The van der Waals surface area contributed by atoms with Gasteiger partial charge in [0.1, 0.15) is 6.04 Å². The Morgan fingerprint density at radius 3 is 2.41 bits per heavy atom. The lowest BCUT2D eigenvalue weighted by Crippen LogP contribution is -2.30. The number of nitrogens with two attached hydrogens (primary N) is 1. The zero-order valence-electron chi connectivity index (χ0n) is 8.77. The molecule has 0 aliphatic heterocycles. The van der Waals surface area contributed by atoms with Crippen molar-refractivity contribution in [2.75, 3.05) is 0 Å². The van der Waals surface area contributed by atoms with Gasteiger partial charge in [0.2, 0.25) is 0 Å². The number of benzene rings is 1. The van der Waals surface area contributed by atoms with Crippen LogP contribution in [0.3, 0.4) is 0 Å². The highest BCUT2D eigenvalue weighted by Gasteiger charge is 2.15. The summed E-state index contributed by atoms with van der Waals surface area (Å²) in [5.74, 6) is 6.10. The molecule has 4 nitrogen and oxygen atoms in total. The standard InChI is InChI=1S/C11H10Cl2N4/c12-8-3-2-7(6-9(8)13)10(17-14)11-15-4-1-5-16-11/h1-6,10,17H,14H2. The van der Waals surface area contributed by atoms with Gasteiger partial charge >= 0.3 is 0 Å². The van der Waals surface area contributed by atoms with Crippen LogP contribution in [0.15, 0.2) is 36.7 Å². The van der Waals surface area contributed by atoms with Crippen LogP contribution in [0, 0.1) is 0 Å². The highest BCUT2D eigenvalue weighted by molar-refractivity contribution is 6.42. The Hall–Kier alpha value is -1.20. The molecule has 0 bridgehead atoms. The third-order valence-electron chi connectivity index (χ3n) is 2.29. The summed E-state index contributed by atoms with van der Waals surface area (Å²) < 4.78 is 0. The Balaban J connectivity index is 2.39. The number of hydrogen-bond donors (Lipinski definition) is 2. The van der Waals surface area contributed by atoms with Crippen molar-refractivity contribution in [2.24, 2.45) is 5.84 Å². The van der Waals surface area contributed by atoms with Crippen molar-refractivity contribution in [2.45, 2.75) is 6.04 Å². The maximum atomic E-state index is 5.96. The van der Waals surface area contributed by atoms with Gasteiger partial charge in [-0.25, -0.2) is 15.4 Å². The maximum Gasteiger partial charge on any atom is 0.150 e. The molecule has 1 atom stereocenters. The quantitative estimate of drug-likeness (QED) is 0.663. The van der Waals surface area contributed by atoms with Crippen molar-refractivity contribution in [1.82, 2.24) is 15.4 Å². The van der Waals surface area contributed by atoms with E-state index in [2.05, 4.69) is 15.4 Å². The molecule has 0 saturated carbocycles. The predicted octanol–water partition coefficient (Wildman–Crippen LogP) is 2.34. The second-order valence-electron chi connectivity index (χ2n) is 3.38. The summed E-state index contributed by atoms with van der Waals surface area (Å²) in [6.45, 7) is 0. The molecule has 0 aliphatic rings. The van der Waals surface area contributed by atoms with Crippen molar-refractivity contribution >= 4 is 23.2 Å². The number of hydrogen-bond acceptors (Lipinski definition) is 4. The molecule has 0 fully saturated rings. The topological polar surface area (TPSA) is 63.8 Å². The molecule has 2 rings (SSSR count). The minimum atomic E-state index is -0.314. The van der Waals surface area contributed by atoms with E-state index in [0.717, 1.165) is 5.56 Å². The van der Waals surface area contributed by atoms with E-state index in [1.165, 1.54) is 0 Å². The van der Waals surface area contributed by atoms with Gasteiger partial charge in [0.15, 0.2) is 5.82 Å². The number of halogens is 2. The number of hydrazine groups is 1. The fourth-order valence-electron chi connectivity index (χ4n) is 1.47. The Morgan fingerprint density at radius 2 is 1.82 bits per heavy atom. The van der Waals surface area contributed by atoms with Gasteiger partial charge in [0, 0.05) is 12.4 Å². The first-order chi connectivity index (χ1) is 8.22. The Morgan fingerprint density at radius 1 is 1.12 bits per heavy atom. The molecule has 1 aromatic heterocycles. The van der Waals surface area contributed by atoms with E-state index >= 15 is 0 Å². The zero-order valence-corrected chi connectivity index (χ0v) is 10.3. The number of nitrogens with one attached hydrogen (secondary N) is 1. The molecular formula is C11H10Cl2N4. The Bertz CT molecular complexity index is 504. The molecule has 1 aromatic carbocycles. The van der Waals surface area contributed by atoms with Gasteiger partial charge in [-0.3, -0.25) is 5.84 Å². The molecule has 3 N–H and O–H groups in total. The second-order valence-corrected chi connectivity index (χ2v) is 4.19. The van der Waals surface area contributed by atoms with Gasteiger partial charge in [-0.05, 0) is 23.8 Å². The Labute approximate surface area is 109 Å². The minimum absolute atomic E-state index is 0.314. The summed E-state index contributed by atoms with van der Waals surface area (Å²) in [6.07, 6.45) is 3.31. The predicted molar refractivity (Wildman–Crippen MR) is 67.7 cm³/mol. The first-order valence-corrected chi connectivity index (χ1v) is 5.66. The van der Waals surface area contributed by atoms with Crippen LogP contribution in [0.4, 0.5) is 0 Å². The molecule has 0 spiro atoms. The summed E-state index contributed by atoms with van der Waals surface area (Å²) in [5.41, 5.74) is 3.51. The van der Waals surface area contributed by atoms with Gasteiger partial charge < -0.3 is 0 Å². The molecular weight excluding hydrogens is 259 g/mol. The van der Waals surface area contributed by atoms with E-state index in [9.17, 15) is 0 Å². The highest BCUT2D eigenvalue weighted by Crippen LogP contribution is 2.27. The first kappa shape index (κ1) is 12.3. The molecule has 0 aliphatic carbocycles. The van der Waals surface area contributed by atoms with Gasteiger partial charge in [0.05, 0.1) is 10.0 Å². The van der Waals surface area contributed by atoms with Crippen molar-refractivity contribution in [3.8, 4) is 0 Å². The number of aromatic nitrogens is 2. The molecule has 0 radical (unpaired) electrons. The van der Waals surface area contributed by atoms with Crippen LogP contribution in [0.2, 0.25) is 10.0 Å². The van der Waals surface area contributed by atoms with E-state index in [1.807, 2.05) is 6.07 Å². The molecule has 88 valence electrons. The van der Waals surface area contributed by atoms with Crippen molar-refractivity contribution in [1.29, 1.82) is 0 Å². The summed E-state index contributed by atoms with van der Waals surface area (Å²) in [4.78, 5) is 8.30. The van der Waals surface area contributed by atoms with Crippen LogP contribution in [-0.2, 0) is 0 Å². The first-order valence-electron chi connectivity index (χ1n) is 4.90. The van der Waals surface area contributed by atoms with Gasteiger partial charge in [-0.1, -0.05) is 29.3 Å². The SMILES string of the molecule is NNC(c1ccc(Cl)c(Cl)c1)c1ncccn1. The van der Waals surface area contributed by atoms with Crippen LogP contribution < -0.4 is 11.3 Å². The zero-order chi connectivity index (χ0) is 12.3. The van der Waals surface area contributed by atoms with Crippen LogP contribution >= 0.6 is 23.2 Å². The molecule has 6 heteroatoms. The van der Waals surface area contributed by atoms with Crippen molar-refractivity contribution in [3.63, 3.8) is 0 Å². The molecule has 0 amide bonds. The van der Waals surface area contributed by atoms with Gasteiger partial charge in [-0.15, -0.1) is 0 Å². The number of rotatable bonds is 3. The smallest absolute Gasteiger partial charge is 0.150 e. The average Bonchev–Trinajstić information content (AvgIpc) is 2.36. The normalized spacial score (nSPS) is 12.4. The summed E-state index contributed by atoms with van der Waals surface area (Å²) in [5, 5.41) is 0.973. The molecule has 0 saturated heterocycles. The second kappa shape index (κ2) is 5.42. The van der Waals surface area contributed by atoms with E-state index in [0.29, 0.717) is 15.9 Å². The fraction of sp³-hybridized carbons (Fsp3) is 0.0909. The van der Waals surface area contributed by atoms with Crippen LogP contribution in [-0.4, -0.2) is 9.97 Å². The third kappa shape index (κ3) is 2.73. The van der Waals surface area contributed by atoms with Crippen LogP contribution in [0.1, 0.15) is 17.4 Å². The molecule has 2 aromatic rings. The van der Waals surface area contributed by atoms with Crippen molar-refractivity contribution in [3.05, 3.63) is 58.1 Å². The number of nitrogens with zero attached hydrogens (tertiary/aromatic N) is 2. The van der Waals surface area contributed by atoms with E-state index in [1.54, 1.807) is 30.6 Å². The summed E-state index contributed by atoms with van der Waals surface area (Å²) in [6, 6.07) is 6.71. The highest BCUT2D eigenvalue weighted by atomic mass is 35.5. The maximum absolute atomic E-state index is 5.96. The van der Waals surface area contributed by atoms with Crippen molar-refractivity contribution < 1.29 is 0 Å². The average molecular weight is 269 g/mol. The lowest BCUT2D eigenvalue weighted by atomic mass is 10.1. The lowest BCUT2D eigenvalue weighted by molar-refractivity contribution is 0.601. The van der Waals surface area contributed by atoms with E-state index in [4.69, 9.17) is 29.0 Å². The molecule has 1 heterocycles. The van der Waals surface area contributed by atoms with Crippen LogP contribution in [0.5, 0.6) is 0 Å². The van der Waals surface area contributed by atoms with Crippen LogP contribution in [0.25, 0.3) is 0 Å². The molecule has 1 unspecified atom stereocenters. The van der Waals surface area contributed by atoms with Gasteiger partial charge in [0.25, 0.3) is 0 Å². The fourth-order valence-corrected chi connectivity index (χ4v) is 1.78. The monoisotopic (exact) mass is 268 g/mol. The third-order valence-corrected chi connectivity index (χ3v) is 3.03. The Kier molecular flexibility index (Phi) is 3.91. The summed E-state index contributed by atoms with van der Waals surface area (Å²) >= 11 is 11.8. The largest absolute Gasteiger partial charge is 0.270 e. The lowest BCUT2D eigenvalue weighted by Gasteiger charge is -2.15. The van der Waals surface area contributed by atoms with E-state index < -0.39 is 0 Å². The molecule has 17 heavy (non-hydrogen) atoms. The van der Waals surface area contributed by atoms with Gasteiger partial charge in [-0.2, -0.15) is 0 Å². The minimum Gasteiger partial charge on any atom is -0.270 e. The summed E-state index contributed by atoms with van der Waals surface area (Å²) in [7, 11) is 0.